The molecule has 0 aliphatic rings. The van der Waals surface area contributed by atoms with Crippen LogP contribution in [0, 0.1) is 0 Å². The second kappa shape index (κ2) is 64.6. The molecule has 0 rings (SSSR count). The molecule has 75 heavy (non-hydrogen) atoms. The third-order valence-corrected chi connectivity index (χ3v) is 15.7. The normalized spacial score (nSPS) is 12.7. The Morgan fingerprint density at radius 2 is 0.667 bits per heavy atom. The van der Waals surface area contributed by atoms with Crippen molar-refractivity contribution in [2.24, 2.45) is 0 Å². The number of rotatable bonds is 63. The Labute approximate surface area is 468 Å². The lowest BCUT2D eigenvalue weighted by molar-refractivity contribution is -0.143. The minimum atomic E-state index is -0.669. The molecule has 2 atom stereocenters. The molecular formula is C69H131NO5. The van der Waals surface area contributed by atoms with E-state index in [-0.39, 0.29) is 18.5 Å². The highest BCUT2D eigenvalue weighted by molar-refractivity contribution is 5.76. The number of carbonyl (C=O) groups is 2. The van der Waals surface area contributed by atoms with Crippen molar-refractivity contribution in [1.82, 2.24) is 5.32 Å². The minimum absolute atomic E-state index is 0.00605. The Hall–Kier alpha value is -1.92. The van der Waals surface area contributed by atoms with Crippen LogP contribution in [0.15, 0.2) is 36.5 Å². The van der Waals surface area contributed by atoms with Crippen LogP contribution in [0.3, 0.4) is 0 Å². The summed E-state index contributed by atoms with van der Waals surface area (Å²) in [4.78, 5) is 24.6. The predicted octanol–water partition coefficient (Wildman–Crippen LogP) is 21.5. The van der Waals surface area contributed by atoms with Crippen molar-refractivity contribution in [2.45, 2.75) is 379 Å². The van der Waals surface area contributed by atoms with Crippen LogP contribution in [0.1, 0.15) is 367 Å². The van der Waals surface area contributed by atoms with Crippen molar-refractivity contribution in [1.29, 1.82) is 0 Å². The molecule has 0 fully saturated rings. The molecular weight excluding hydrogens is 923 g/mol. The molecule has 0 aromatic rings. The number of amides is 1. The Morgan fingerprint density at radius 3 is 1.03 bits per heavy atom. The van der Waals surface area contributed by atoms with E-state index in [2.05, 4.69) is 55.6 Å². The molecule has 6 nitrogen and oxygen atoms in total. The van der Waals surface area contributed by atoms with E-state index in [0.717, 1.165) is 51.4 Å². The maximum absolute atomic E-state index is 12.5. The summed E-state index contributed by atoms with van der Waals surface area (Å²) >= 11 is 0. The van der Waals surface area contributed by atoms with Gasteiger partial charge in [0.25, 0.3) is 0 Å². The van der Waals surface area contributed by atoms with Gasteiger partial charge in [-0.3, -0.25) is 9.59 Å². The molecule has 0 aliphatic heterocycles. The van der Waals surface area contributed by atoms with Crippen molar-refractivity contribution in [3.05, 3.63) is 36.5 Å². The molecule has 6 heteroatoms. The fourth-order valence-corrected chi connectivity index (χ4v) is 10.5. The molecule has 0 saturated heterocycles. The number of aliphatic hydroxyl groups excluding tert-OH is 2. The first-order valence-corrected chi connectivity index (χ1v) is 33.7. The van der Waals surface area contributed by atoms with Gasteiger partial charge in [0.15, 0.2) is 0 Å². The average Bonchev–Trinajstić information content (AvgIpc) is 3.41. The third kappa shape index (κ3) is 61.2. The average molecular weight is 1050 g/mol. The van der Waals surface area contributed by atoms with Crippen LogP contribution in [-0.2, 0) is 14.3 Å². The summed E-state index contributed by atoms with van der Waals surface area (Å²) in [5.74, 6) is -0.0329. The van der Waals surface area contributed by atoms with Crippen LogP contribution >= 0.6 is 0 Å². The molecule has 442 valence electrons. The van der Waals surface area contributed by atoms with Gasteiger partial charge in [-0.1, -0.05) is 307 Å². The third-order valence-electron chi connectivity index (χ3n) is 15.7. The Morgan fingerprint density at radius 1 is 0.373 bits per heavy atom. The van der Waals surface area contributed by atoms with Gasteiger partial charge in [0.05, 0.1) is 25.4 Å². The van der Waals surface area contributed by atoms with Crippen LogP contribution < -0.4 is 5.32 Å². The molecule has 2 unspecified atom stereocenters. The monoisotopic (exact) mass is 1050 g/mol. The Bertz CT molecular complexity index is 1210. The molecule has 0 heterocycles. The van der Waals surface area contributed by atoms with Gasteiger partial charge in [-0.15, -0.1) is 0 Å². The highest BCUT2D eigenvalue weighted by Gasteiger charge is 2.20. The van der Waals surface area contributed by atoms with Crippen LogP contribution in [-0.4, -0.2) is 47.4 Å². The summed E-state index contributed by atoms with van der Waals surface area (Å²) in [7, 11) is 0. The molecule has 0 radical (unpaired) electrons. The van der Waals surface area contributed by atoms with Gasteiger partial charge >= 0.3 is 5.97 Å². The minimum Gasteiger partial charge on any atom is -0.466 e. The lowest BCUT2D eigenvalue weighted by atomic mass is 10.0. The number of nitrogens with one attached hydrogen (secondary N) is 1. The van der Waals surface area contributed by atoms with Gasteiger partial charge in [0.1, 0.15) is 0 Å². The van der Waals surface area contributed by atoms with Crippen molar-refractivity contribution in [3.8, 4) is 0 Å². The van der Waals surface area contributed by atoms with E-state index < -0.39 is 12.1 Å². The Kier molecular flexibility index (Phi) is 63.0. The molecule has 0 saturated carbocycles. The van der Waals surface area contributed by atoms with Crippen LogP contribution in [0.5, 0.6) is 0 Å². The molecule has 0 bridgehead atoms. The molecule has 0 aromatic carbocycles. The van der Waals surface area contributed by atoms with Gasteiger partial charge in [-0.2, -0.15) is 0 Å². The molecule has 3 N–H and O–H groups in total. The van der Waals surface area contributed by atoms with Crippen molar-refractivity contribution < 1.29 is 24.5 Å². The summed E-state index contributed by atoms with van der Waals surface area (Å²) < 4.78 is 5.49. The largest absolute Gasteiger partial charge is 0.466 e. The second-order valence-electron chi connectivity index (χ2n) is 23.1. The number of ether oxygens (including phenoxy) is 1. The lowest BCUT2D eigenvalue weighted by Gasteiger charge is -2.22. The van der Waals surface area contributed by atoms with E-state index in [0.29, 0.717) is 25.9 Å². The maximum Gasteiger partial charge on any atom is 0.305 e. The highest BCUT2D eigenvalue weighted by atomic mass is 16.5. The molecule has 0 spiro atoms. The van der Waals surface area contributed by atoms with E-state index >= 15 is 0 Å². The topological polar surface area (TPSA) is 95.9 Å². The Balaban J connectivity index is 3.42. The summed E-state index contributed by atoms with van der Waals surface area (Å²) in [5.41, 5.74) is 0. The first kappa shape index (κ1) is 73.1. The number of carbonyl (C=O) groups excluding carboxylic acids is 2. The number of hydrogen-bond donors (Lipinski definition) is 3. The molecule has 1 amide bonds. The number of unbranched alkanes of at least 4 members (excludes halogenated alkanes) is 46. The van der Waals surface area contributed by atoms with Crippen molar-refractivity contribution in [2.75, 3.05) is 13.2 Å². The highest BCUT2D eigenvalue weighted by Crippen LogP contribution is 2.18. The predicted molar refractivity (Wildman–Crippen MR) is 329 cm³/mol. The van der Waals surface area contributed by atoms with Gasteiger partial charge in [-0.25, -0.2) is 0 Å². The summed E-state index contributed by atoms with van der Waals surface area (Å²) in [6.07, 6.45) is 81.7. The van der Waals surface area contributed by atoms with Crippen molar-refractivity contribution >= 4 is 11.9 Å². The summed E-state index contributed by atoms with van der Waals surface area (Å²) in [6, 6.07) is -0.547. The van der Waals surface area contributed by atoms with Gasteiger partial charge in [0, 0.05) is 12.8 Å². The van der Waals surface area contributed by atoms with Gasteiger partial charge < -0.3 is 20.3 Å². The van der Waals surface area contributed by atoms with Crippen LogP contribution in [0.4, 0.5) is 0 Å². The van der Waals surface area contributed by atoms with E-state index in [9.17, 15) is 19.8 Å². The standard InChI is InChI=1S/C69H131NO5/c1-3-5-7-9-11-13-15-17-19-30-35-39-43-47-51-55-59-63-69(74)75-64-60-56-52-48-44-40-36-32-29-27-25-23-21-22-24-26-28-31-34-38-42-46-50-54-58-62-68(73)70-66(65-71)67(72)61-57-53-49-45-41-37-33-20-18-16-14-12-10-8-6-4-2/h17,19,22-25,66-67,71-72H,3-16,18,20-21,26-65H2,1-2H3,(H,70,73)/b19-17-,24-22-,25-23-. The maximum atomic E-state index is 12.5. The quantitative estimate of drug-likeness (QED) is 0.0320. The van der Waals surface area contributed by atoms with E-state index in [1.54, 1.807) is 0 Å². The fourth-order valence-electron chi connectivity index (χ4n) is 10.5. The molecule has 0 aromatic heterocycles. The summed E-state index contributed by atoms with van der Waals surface area (Å²) in [5, 5.41) is 23.3. The number of aliphatic hydroxyl groups is 2. The van der Waals surface area contributed by atoms with Gasteiger partial charge in [0.2, 0.25) is 5.91 Å². The SMILES string of the molecule is CCCCCCCC/C=C\CCCCCCCCCC(=O)OCCCCCCCCCCC/C=C\C/C=C\CCCCCCCCCCCC(=O)NC(CO)C(O)CCCCCCCCCCCCCCCCCC. The first-order valence-electron chi connectivity index (χ1n) is 33.7. The van der Waals surface area contributed by atoms with E-state index in [4.69, 9.17) is 4.74 Å². The zero-order valence-electron chi connectivity index (χ0n) is 50.5. The zero-order valence-corrected chi connectivity index (χ0v) is 50.5. The van der Waals surface area contributed by atoms with Gasteiger partial charge in [-0.05, 0) is 83.5 Å². The van der Waals surface area contributed by atoms with Crippen LogP contribution in [0.25, 0.3) is 0 Å². The van der Waals surface area contributed by atoms with Crippen LogP contribution in [0.2, 0.25) is 0 Å². The zero-order chi connectivity index (χ0) is 54.3. The first-order chi connectivity index (χ1) is 37.0. The van der Waals surface area contributed by atoms with E-state index in [1.807, 2.05) is 0 Å². The van der Waals surface area contributed by atoms with E-state index in [1.165, 1.54) is 283 Å². The number of esters is 1. The van der Waals surface area contributed by atoms with Crippen molar-refractivity contribution in [3.63, 3.8) is 0 Å². The lowest BCUT2D eigenvalue weighted by Crippen LogP contribution is -2.45. The number of allylic oxidation sites excluding steroid dienone is 6. The number of hydrogen-bond acceptors (Lipinski definition) is 5. The fraction of sp³-hybridized carbons (Fsp3) is 0.884. The molecule has 0 aliphatic carbocycles. The smallest absolute Gasteiger partial charge is 0.305 e. The summed E-state index contributed by atoms with van der Waals surface area (Å²) in [6.45, 7) is 4.96. The second-order valence-corrected chi connectivity index (χ2v) is 23.1.